The number of aliphatic hydroxyl groups is 2. The van der Waals surface area contributed by atoms with Crippen molar-refractivity contribution >= 4 is 12.1 Å². The number of ether oxygens (including phenoxy) is 1. The molecule has 4 N–H and O–H groups in total. The Morgan fingerprint density at radius 1 is 1.33 bits per heavy atom. The summed E-state index contributed by atoms with van der Waals surface area (Å²) in [7, 11) is 1.45. The number of aliphatic hydroxyl groups excluding tert-OH is 2. The van der Waals surface area contributed by atoms with Crippen LogP contribution in [0, 0.1) is 6.92 Å². The fourth-order valence-electron chi connectivity index (χ4n) is 2.27. The number of nitrogens with one attached hydrogen (secondary N) is 1. The quantitative estimate of drug-likeness (QED) is 0.598. The number of hydrogen-bond acceptors (Lipinski definition) is 6. The van der Waals surface area contributed by atoms with Crippen molar-refractivity contribution in [3.8, 4) is 0 Å². The Morgan fingerprint density at radius 3 is 2.42 bits per heavy atom. The van der Waals surface area contributed by atoms with Gasteiger partial charge in [0.1, 0.15) is 11.7 Å². The van der Waals surface area contributed by atoms with Crippen LogP contribution in [0.3, 0.4) is 0 Å². The van der Waals surface area contributed by atoms with Crippen molar-refractivity contribution in [1.29, 1.82) is 0 Å². The van der Waals surface area contributed by atoms with Crippen LogP contribution in [0.4, 0.5) is 4.79 Å². The molecule has 1 aromatic rings. The summed E-state index contributed by atoms with van der Waals surface area (Å²) in [4.78, 5) is 22.8. The summed E-state index contributed by atoms with van der Waals surface area (Å²) < 4.78 is 6.19. The van der Waals surface area contributed by atoms with Crippen LogP contribution in [0.5, 0.6) is 0 Å². The fraction of sp³-hybridized carbons (Fsp3) is 0.667. The summed E-state index contributed by atoms with van der Waals surface area (Å²) in [6.45, 7) is 6.79. The van der Waals surface area contributed by atoms with Crippen molar-refractivity contribution in [3.63, 3.8) is 0 Å². The van der Waals surface area contributed by atoms with E-state index in [0.29, 0.717) is 5.69 Å². The molecule has 0 aromatic carbocycles. The van der Waals surface area contributed by atoms with E-state index in [0.717, 1.165) is 4.68 Å². The highest BCUT2D eigenvalue weighted by molar-refractivity contribution is 5.88. The predicted octanol–water partition coefficient (Wildman–Crippen LogP) is 0.736. The van der Waals surface area contributed by atoms with E-state index in [1.807, 2.05) is 0 Å². The molecule has 136 valence electrons. The zero-order chi connectivity index (χ0) is 18.7. The molecular formula is C15H25N3O6. The van der Waals surface area contributed by atoms with Gasteiger partial charge in [-0.15, -0.1) is 0 Å². The van der Waals surface area contributed by atoms with E-state index in [4.69, 9.17) is 4.74 Å². The third-order valence-electron chi connectivity index (χ3n) is 3.24. The molecule has 9 heteroatoms. The average molecular weight is 343 g/mol. The number of carbonyl (C=O) groups is 2. The van der Waals surface area contributed by atoms with Crippen molar-refractivity contribution in [2.45, 2.75) is 51.9 Å². The normalized spacial score (nSPS) is 14.1. The molecule has 0 fully saturated rings. The van der Waals surface area contributed by atoms with Gasteiger partial charge in [-0.05, 0) is 34.1 Å². The number of aryl methyl sites for hydroxylation is 2. The SMILES string of the molecule is Cc1nn(C)c(C(=O)O)c1C(O)C(O)CCNC(=O)OC(C)(C)C. The van der Waals surface area contributed by atoms with Crippen LogP contribution in [0.25, 0.3) is 0 Å². The molecule has 24 heavy (non-hydrogen) atoms. The molecule has 0 spiro atoms. The lowest BCUT2D eigenvalue weighted by Gasteiger charge is -2.21. The second kappa shape index (κ2) is 7.63. The Kier molecular flexibility index (Phi) is 6.33. The molecule has 9 nitrogen and oxygen atoms in total. The summed E-state index contributed by atoms with van der Waals surface area (Å²) in [5.74, 6) is -1.24. The number of amides is 1. The predicted molar refractivity (Wildman–Crippen MR) is 84.7 cm³/mol. The van der Waals surface area contributed by atoms with E-state index in [-0.39, 0.29) is 24.2 Å². The van der Waals surface area contributed by atoms with E-state index in [1.165, 1.54) is 7.05 Å². The molecule has 1 amide bonds. The maximum absolute atomic E-state index is 11.5. The molecule has 0 radical (unpaired) electrons. The Hall–Kier alpha value is -2.13. The molecular weight excluding hydrogens is 318 g/mol. The molecule has 1 heterocycles. The molecule has 1 rings (SSSR count). The van der Waals surface area contributed by atoms with Gasteiger partial charge in [-0.3, -0.25) is 4.68 Å². The largest absolute Gasteiger partial charge is 0.477 e. The first kappa shape index (κ1) is 19.9. The first-order valence-corrected chi connectivity index (χ1v) is 7.53. The minimum Gasteiger partial charge on any atom is -0.477 e. The molecule has 1 aromatic heterocycles. The Balaban J connectivity index is 2.68. The van der Waals surface area contributed by atoms with Gasteiger partial charge < -0.3 is 25.4 Å². The van der Waals surface area contributed by atoms with Crippen LogP contribution in [0.2, 0.25) is 0 Å². The molecule has 0 saturated heterocycles. The number of nitrogens with zero attached hydrogens (tertiary/aromatic N) is 2. The lowest BCUT2D eigenvalue weighted by molar-refractivity contribution is 0.0111. The van der Waals surface area contributed by atoms with Crippen LogP contribution in [-0.4, -0.2) is 55.4 Å². The van der Waals surface area contributed by atoms with Crippen LogP contribution >= 0.6 is 0 Å². The monoisotopic (exact) mass is 343 g/mol. The van der Waals surface area contributed by atoms with Crippen LogP contribution in [0.1, 0.15) is 55.0 Å². The standard InChI is InChI=1S/C15H25N3O6/c1-8-10(11(13(21)22)18(5)17-8)12(20)9(19)6-7-16-14(23)24-15(2,3)4/h9,12,19-20H,6-7H2,1-5H3,(H,16,23)(H,21,22). The topological polar surface area (TPSA) is 134 Å². The van der Waals surface area contributed by atoms with E-state index in [2.05, 4.69) is 10.4 Å². The summed E-state index contributed by atoms with van der Waals surface area (Å²) in [6, 6.07) is 0. The van der Waals surface area contributed by atoms with E-state index >= 15 is 0 Å². The van der Waals surface area contributed by atoms with E-state index in [9.17, 15) is 24.9 Å². The van der Waals surface area contributed by atoms with Crippen LogP contribution in [-0.2, 0) is 11.8 Å². The van der Waals surface area contributed by atoms with Crippen LogP contribution < -0.4 is 5.32 Å². The molecule has 0 bridgehead atoms. The molecule has 0 aliphatic heterocycles. The lowest BCUT2D eigenvalue weighted by atomic mass is 10.00. The van der Waals surface area contributed by atoms with Crippen LogP contribution in [0.15, 0.2) is 0 Å². The molecule has 0 saturated carbocycles. The molecule has 0 aliphatic rings. The lowest BCUT2D eigenvalue weighted by Crippen LogP contribution is -2.34. The third kappa shape index (κ3) is 5.20. The molecule has 0 aliphatic carbocycles. The van der Waals surface area contributed by atoms with Gasteiger partial charge in [0.2, 0.25) is 0 Å². The second-order valence-electron chi connectivity index (χ2n) is 6.51. The Labute approximate surface area is 140 Å². The number of carboxylic acid groups (broad SMARTS) is 1. The summed E-state index contributed by atoms with van der Waals surface area (Å²) in [5, 5.41) is 36.0. The van der Waals surface area contributed by atoms with Gasteiger partial charge in [-0.25, -0.2) is 9.59 Å². The number of carboxylic acids is 1. The first-order chi connectivity index (χ1) is 10.9. The van der Waals surface area contributed by atoms with Gasteiger partial charge in [0.25, 0.3) is 0 Å². The molecule has 2 unspecified atom stereocenters. The number of hydrogen-bond donors (Lipinski definition) is 4. The van der Waals surface area contributed by atoms with Gasteiger partial charge in [0, 0.05) is 19.2 Å². The van der Waals surface area contributed by atoms with E-state index in [1.54, 1.807) is 27.7 Å². The van der Waals surface area contributed by atoms with Crippen molar-refractivity contribution in [1.82, 2.24) is 15.1 Å². The summed E-state index contributed by atoms with van der Waals surface area (Å²) >= 11 is 0. The Morgan fingerprint density at radius 2 is 1.92 bits per heavy atom. The average Bonchev–Trinajstić information content (AvgIpc) is 2.70. The maximum Gasteiger partial charge on any atom is 0.407 e. The number of rotatable bonds is 6. The minimum atomic E-state index is -1.43. The number of carbonyl (C=O) groups excluding carboxylic acids is 1. The van der Waals surface area contributed by atoms with Crippen molar-refractivity contribution in [2.75, 3.05) is 6.54 Å². The molecule has 2 atom stereocenters. The van der Waals surface area contributed by atoms with Crippen molar-refractivity contribution in [3.05, 3.63) is 17.0 Å². The van der Waals surface area contributed by atoms with Gasteiger partial charge in [-0.1, -0.05) is 0 Å². The second-order valence-corrected chi connectivity index (χ2v) is 6.51. The Bertz CT molecular complexity index is 605. The zero-order valence-corrected chi connectivity index (χ0v) is 14.5. The van der Waals surface area contributed by atoms with Gasteiger partial charge in [0.15, 0.2) is 5.69 Å². The number of aromatic nitrogens is 2. The number of aromatic carboxylic acids is 1. The summed E-state index contributed by atoms with van der Waals surface area (Å²) in [6.07, 6.45) is -3.30. The smallest absolute Gasteiger partial charge is 0.407 e. The van der Waals surface area contributed by atoms with Crippen molar-refractivity contribution < 1.29 is 29.6 Å². The van der Waals surface area contributed by atoms with Gasteiger partial charge >= 0.3 is 12.1 Å². The highest BCUT2D eigenvalue weighted by Gasteiger charge is 2.29. The maximum atomic E-state index is 11.5. The number of alkyl carbamates (subject to hydrolysis) is 1. The van der Waals surface area contributed by atoms with E-state index < -0.39 is 29.9 Å². The first-order valence-electron chi connectivity index (χ1n) is 7.53. The third-order valence-corrected chi connectivity index (χ3v) is 3.24. The highest BCUT2D eigenvalue weighted by Crippen LogP contribution is 2.25. The summed E-state index contributed by atoms with van der Waals surface area (Å²) in [5.41, 5.74) is -0.429. The minimum absolute atomic E-state index is 0.0216. The zero-order valence-electron chi connectivity index (χ0n) is 14.5. The fourth-order valence-corrected chi connectivity index (χ4v) is 2.27. The van der Waals surface area contributed by atoms with Gasteiger partial charge in [-0.2, -0.15) is 5.10 Å². The van der Waals surface area contributed by atoms with Crippen molar-refractivity contribution in [2.24, 2.45) is 7.05 Å². The van der Waals surface area contributed by atoms with Gasteiger partial charge in [0.05, 0.1) is 11.8 Å². The highest BCUT2D eigenvalue weighted by atomic mass is 16.6.